The van der Waals surface area contributed by atoms with E-state index >= 15 is 0 Å². The smallest absolute Gasteiger partial charge is 0.407 e. The van der Waals surface area contributed by atoms with Crippen molar-refractivity contribution in [1.29, 1.82) is 0 Å². The van der Waals surface area contributed by atoms with Crippen LogP contribution < -0.4 is 5.32 Å². The average Bonchev–Trinajstić information content (AvgIpc) is 3.18. The Morgan fingerprint density at radius 3 is 2.64 bits per heavy atom. The molecule has 3 atom stereocenters. The Labute approximate surface area is 149 Å². The molecule has 1 aliphatic heterocycles. The summed E-state index contributed by atoms with van der Waals surface area (Å²) in [4.78, 5) is 34.6. The standard InChI is InChI=1S/C18H30N4O3/c1-11-10-19-15(20-11)13-8-7-9-22(13)16(23)14(21-17(24)25-6)12(2)18(3,4)5/h10,12-14H,7-9H2,1-6H3,(H,19,20)(H,21,24). The van der Waals surface area contributed by atoms with Gasteiger partial charge in [-0.3, -0.25) is 4.79 Å². The molecule has 3 unspecified atom stereocenters. The van der Waals surface area contributed by atoms with Gasteiger partial charge in [0.2, 0.25) is 5.91 Å². The van der Waals surface area contributed by atoms with Crippen molar-refractivity contribution in [1.82, 2.24) is 20.2 Å². The molecule has 0 radical (unpaired) electrons. The number of carbonyl (C=O) groups excluding carboxylic acids is 2. The van der Waals surface area contributed by atoms with Crippen LogP contribution in [0.3, 0.4) is 0 Å². The molecule has 7 heteroatoms. The molecule has 1 aliphatic rings. The minimum absolute atomic E-state index is 0.0568. The molecular weight excluding hydrogens is 320 g/mol. The molecule has 1 fully saturated rings. The number of amides is 2. The Balaban J connectivity index is 2.26. The normalized spacial score (nSPS) is 20.2. The maximum Gasteiger partial charge on any atom is 0.407 e. The van der Waals surface area contributed by atoms with Crippen LogP contribution in [0.4, 0.5) is 4.79 Å². The van der Waals surface area contributed by atoms with Crippen LogP contribution in [0.1, 0.15) is 58.1 Å². The van der Waals surface area contributed by atoms with Crippen LogP contribution in [0.5, 0.6) is 0 Å². The van der Waals surface area contributed by atoms with Gasteiger partial charge in [-0.15, -0.1) is 0 Å². The van der Waals surface area contributed by atoms with Crippen LogP contribution >= 0.6 is 0 Å². The molecule has 25 heavy (non-hydrogen) atoms. The minimum Gasteiger partial charge on any atom is -0.453 e. The van der Waals surface area contributed by atoms with Gasteiger partial charge in [-0.05, 0) is 31.1 Å². The van der Waals surface area contributed by atoms with E-state index in [4.69, 9.17) is 4.74 Å². The highest BCUT2D eigenvalue weighted by Crippen LogP contribution is 2.34. The Morgan fingerprint density at radius 1 is 1.44 bits per heavy atom. The third-order valence-corrected chi connectivity index (χ3v) is 5.16. The second-order valence-electron chi connectivity index (χ2n) is 7.91. The van der Waals surface area contributed by atoms with Crippen molar-refractivity contribution in [3.63, 3.8) is 0 Å². The number of carbonyl (C=O) groups is 2. The second kappa shape index (κ2) is 7.45. The summed E-state index contributed by atoms with van der Waals surface area (Å²) >= 11 is 0. The third-order valence-electron chi connectivity index (χ3n) is 5.16. The largest absolute Gasteiger partial charge is 0.453 e. The van der Waals surface area contributed by atoms with Crippen LogP contribution in [-0.4, -0.2) is 46.6 Å². The topological polar surface area (TPSA) is 87.3 Å². The van der Waals surface area contributed by atoms with Crippen LogP contribution in [0, 0.1) is 18.3 Å². The quantitative estimate of drug-likeness (QED) is 0.874. The number of nitrogens with one attached hydrogen (secondary N) is 2. The number of rotatable bonds is 4. The number of alkyl carbamates (subject to hydrolysis) is 1. The summed E-state index contributed by atoms with van der Waals surface area (Å²) < 4.78 is 4.73. The average molecular weight is 350 g/mol. The number of H-pyrrole nitrogens is 1. The summed E-state index contributed by atoms with van der Waals surface area (Å²) in [6.45, 7) is 10.8. The molecule has 0 aliphatic carbocycles. The molecule has 140 valence electrons. The van der Waals surface area contributed by atoms with E-state index in [0.29, 0.717) is 6.54 Å². The third kappa shape index (κ3) is 4.32. The van der Waals surface area contributed by atoms with E-state index in [0.717, 1.165) is 24.4 Å². The molecule has 2 N–H and O–H groups in total. The van der Waals surface area contributed by atoms with Crippen LogP contribution in [0.25, 0.3) is 0 Å². The van der Waals surface area contributed by atoms with E-state index in [2.05, 4.69) is 36.1 Å². The van der Waals surface area contributed by atoms with Crippen molar-refractivity contribution >= 4 is 12.0 Å². The number of imidazole rings is 1. The summed E-state index contributed by atoms with van der Waals surface area (Å²) in [5, 5.41) is 2.74. The van der Waals surface area contributed by atoms with Gasteiger partial charge in [0, 0.05) is 18.4 Å². The molecule has 2 amide bonds. The second-order valence-corrected chi connectivity index (χ2v) is 7.91. The van der Waals surface area contributed by atoms with Crippen molar-refractivity contribution in [2.45, 2.75) is 59.5 Å². The van der Waals surface area contributed by atoms with Crippen LogP contribution in [0.15, 0.2) is 6.20 Å². The molecular formula is C18H30N4O3. The summed E-state index contributed by atoms with van der Waals surface area (Å²) in [7, 11) is 1.31. The highest BCUT2D eigenvalue weighted by atomic mass is 16.5. The highest BCUT2D eigenvalue weighted by Gasteiger charge is 2.41. The van der Waals surface area contributed by atoms with Gasteiger partial charge in [0.25, 0.3) is 0 Å². The number of likely N-dealkylation sites (tertiary alicyclic amines) is 1. The summed E-state index contributed by atoms with van der Waals surface area (Å²) in [5.74, 6) is 0.673. The summed E-state index contributed by atoms with van der Waals surface area (Å²) in [5.41, 5.74) is 0.833. The van der Waals surface area contributed by atoms with Crippen molar-refractivity contribution < 1.29 is 14.3 Å². The molecule has 2 heterocycles. The number of methoxy groups -OCH3 is 1. The highest BCUT2D eigenvalue weighted by molar-refractivity contribution is 5.86. The number of aryl methyl sites for hydroxylation is 1. The number of aromatic nitrogens is 2. The molecule has 1 aromatic heterocycles. The van der Waals surface area contributed by atoms with E-state index in [1.165, 1.54) is 7.11 Å². The van der Waals surface area contributed by atoms with Gasteiger partial charge < -0.3 is 19.9 Å². The fourth-order valence-corrected chi connectivity index (χ4v) is 3.18. The number of aromatic amines is 1. The lowest BCUT2D eigenvalue weighted by Gasteiger charge is -2.36. The minimum atomic E-state index is -0.635. The lowest BCUT2D eigenvalue weighted by molar-refractivity contribution is -0.136. The molecule has 1 saturated heterocycles. The fourth-order valence-electron chi connectivity index (χ4n) is 3.18. The number of nitrogens with zero attached hydrogens (tertiary/aromatic N) is 2. The van der Waals surface area contributed by atoms with Gasteiger partial charge >= 0.3 is 6.09 Å². The van der Waals surface area contributed by atoms with Crippen molar-refractivity contribution in [3.8, 4) is 0 Å². The zero-order chi connectivity index (χ0) is 18.8. The zero-order valence-corrected chi connectivity index (χ0v) is 16.0. The first-order valence-corrected chi connectivity index (χ1v) is 8.81. The number of ether oxygens (including phenoxy) is 1. The SMILES string of the molecule is COC(=O)NC(C(=O)N1CCCC1c1ncc(C)[nH]1)C(C)C(C)(C)C. The first-order valence-electron chi connectivity index (χ1n) is 8.81. The molecule has 0 aromatic carbocycles. The summed E-state index contributed by atoms with van der Waals surface area (Å²) in [6, 6.07) is -0.709. The maximum absolute atomic E-state index is 13.3. The van der Waals surface area contributed by atoms with Gasteiger partial charge in [0.1, 0.15) is 11.9 Å². The molecule has 0 saturated carbocycles. The van der Waals surface area contributed by atoms with E-state index in [-0.39, 0.29) is 23.3 Å². The first-order chi connectivity index (χ1) is 11.6. The van der Waals surface area contributed by atoms with Gasteiger partial charge in [-0.25, -0.2) is 9.78 Å². The van der Waals surface area contributed by atoms with Gasteiger partial charge in [-0.2, -0.15) is 0 Å². The van der Waals surface area contributed by atoms with Gasteiger partial charge in [-0.1, -0.05) is 27.7 Å². The fraction of sp³-hybridized carbons (Fsp3) is 0.722. The van der Waals surface area contributed by atoms with Gasteiger partial charge in [0.15, 0.2) is 0 Å². The maximum atomic E-state index is 13.3. The van der Waals surface area contributed by atoms with Crippen molar-refractivity contribution in [3.05, 3.63) is 17.7 Å². The Bertz CT molecular complexity index is 620. The Morgan fingerprint density at radius 2 is 2.12 bits per heavy atom. The number of hydrogen-bond acceptors (Lipinski definition) is 4. The van der Waals surface area contributed by atoms with Gasteiger partial charge in [0.05, 0.1) is 13.2 Å². The van der Waals surface area contributed by atoms with E-state index in [1.54, 1.807) is 6.20 Å². The molecule has 2 rings (SSSR count). The molecule has 0 bridgehead atoms. The monoisotopic (exact) mass is 350 g/mol. The van der Waals surface area contributed by atoms with E-state index < -0.39 is 12.1 Å². The van der Waals surface area contributed by atoms with Crippen LogP contribution in [-0.2, 0) is 9.53 Å². The molecule has 1 aromatic rings. The summed E-state index contributed by atoms with van der Waals surface area (Å²) in [6.07, 6.45) is 2.98. The molecule has 0 spiro atoms. The predicted molar refractivity (Wildman–Crippen MR) is 95.0 cm³/mol. The Hall–Kier alpha value is -2.05. The Kier molecular flexibility index (Phi) is 5.75. The zero-order valence-electron chi connectivity index (χ0n) is 16.0. The lowest BCUT2D eigenvalue weighted by Crippen LogP contribution is -2.54. The predicted octanol–water partition coefficient (Wildman–Crippen LogP) is 2.79. The van der Waals surface area contributed by atoms with E-state index in [1.807, 2.05) is 18.7 Å². The first kappa shape index (κ1) is 19.3. The van der Waals surface area contributed by atoms with Crippen molar-refractivity contribution in [2.75, 3.05) is 13.7 Å². The van der Waals surface area contributed by atoms with Crippen LogP contribution in [0.2, 0.25) is 0 Å². The van der Waals surface area contributed by atoms with Crippen molar-refractivity contribution in [2.24, 2.45) is 11.3 Å². The lowest BCUT2D eigenvalue weighted by atomic mass is 9.77. The molecule has 7 nitrogen and oxygen atoms in total. The van der Waals surface area contributed by atoms with E-state index in [9.17, 15) is 9.59 Å². The number of hydrogen-bond donors (Lipinski definition) is 2.